The van der Waals surface area contributed by atoms with Gasteiger partial charge in [0.2, 0.25) is 0 Å². The molecule has 0 saturated carbocycles. The third kappa shape index (κ3) is 5.80. The van der Waals surface area contributed by atoms with Crippen LogP contribution in [0.1, 0.15) is 0 Å². The van der Waals surface area contributed by atoms with E-state index in [0.717, 1.165) is 20.4 Å². The zero-order valence-corrected chi connectivity index (χ0v) is 14.5. The Labute approximate surface area is 139 Å². The van der Waals surface area contributed by atoms with Gasteiger partial charge in [-0.2, -0.15) is 0 Å². The summed E-state index contributed by atoms with van der Waals surface area (Å²) in [5.74, 6) is 0. The highest BCUT2D eigenvalue weighted by atomic mass is 35.5. The van der Waals surface area contributed by atoms with E-state index in [1.165, 1.54) is 0 Å². The van der Waals surface area contributed by atoms with Gasteiger partial charge in [0, 0.05) is 15.8 Å². The monoisotopic (exact) mass is 373 g/mol. The molecule has 2 rings (SSSR count). The number of halogens is 5. The predicted molar refractivity (Wildman–Crippen MR) is 87.6 cm³/mol. The second kappa shape index (κ2) is 7.65. The normalized spacial score (nSPS) is 16.8. The van der Waals surface area contributed by atoms with Crippen molar-refractivity contribution in [2.24, 2.45) is 0 Å². The first-order chi connectivity index (χ1) is 10.4. The average Bonchev–Trinajstić information content (AvgIpc) is 2.63. The maximum atomic E-state index is 9.96. The maximum Gasteiger partial charge on any atom is 0.673 e. The van der Waals surface area contributed by atoms with Crippen LogP contribution in [-0.2, 0) is 0 Å². The van der Waals surface area contributed by atoms with Crippen LogP contribution >= 0.6 is 22.1 Å². The van der Waals surface area contributed by atoms with Gasteiger partial charge in [-0.15, -0.1) is 0 Å². The van der Waals surface area contributed by atoms with Crippen LogP contribution in [0, 0.1) is 0 Å². The van der Waals surface area contributed by atoms with E-state index >= 15 is 0 Å². The van der Waals surface area contributed by atoms with Gasteiger partial charge in [-0.3, -0.25) is 15.0 Å². The van der Waals surface area contributed by atoms with Crippen molar-refractivity contribution in [1.29, 1.82) is 0 Å². The lowest BCUT2D eigenvalue weighted by molar-refractivity contribution is -0.708. The molecule has 0 bridgehead atoms. The summed E-state index contributed by atoms with van der Waals surface area (Å²) in [6.45, 7) is 0. The average molecular weight is 374 g/mol. The highest BCUT2D eigenvalue weighted by Crippen LogP contribution is 2.41. The van der Waals surface area contributed by atoms with Gasteiger partial charge >= 0.3 is 7.25 Å². The summed E-state index contributed by atoms with van der Waals surface area (Å²) in [5, 5.41) is 11.7. The van der Waals surface area contributed by atoms with Crippen molar-refractivity contribution in [3.8, 4) is 0 Å². The van der Waals surface area contributed by atoms with Gasteiger partial charge in [0.05, 0.1) is 4.90 Å². The highest BCUT2D eigenvalue weighted by Gasteiger charge is 2.29. The molecule has 0 aliphatic carbocycles. The summed E-state index contributed by atoms with van der Waals surface area (Å²) in [6, 6.07) is 5.61. The molecule has 1 unspecified atom stereocenters. The number of fused-ring (bicyclic) bond motifs is 1. The Balaban J connectivity index is 0.000000463. The number of nitrogens with zero attached hydrogens (tertiary/aromatic N) is 3. The number of rotatable bonds is 0. The van der Waals surface area contributed by atoms with E-state index in [1.54, 1.807) is 6.07 Å². The van der Waals surface area contributed by atoms with Gasteiger partial charge in [-0.1, -0.05) is 11.6 Å². The standard InChI is InChI=1S/C12H17ClN3OS.BF4/c1-14(2)12(15(3)4)18-8-16(17)10-7-9(13)5-6-11(10)18;2-1(3,4)5/h5-8,17H,1-4H3;/q+1;-1. The van der Waals surface area contributed by atoms with E-state index in [-0.39, 0.29) is 10.5 Å². The van der Waals surface area contributed by atoms with E-state index in [4.69, 9.17) is 11.6 Å². The maximum absolute atomic E-state index is 9.96. The molecule has 0 saturated heterocycles. The Morgan fingerprint density at radius 1 is 1.13 bits per heavy atom. The molecule has 0 radical (unpaired) electrons. The van der Waals surface area contributed by atoms with Crippen molar-refractivity contribution in [3.05, 3.63) is 23.2 Å². The van der Waals surface area contributed by atoms with Crippen LogP contribution in [0.2, 0.25) is 5.02 Å². The van der Waals surface area contributed by atoms with E-state index in [9.17, 15) is 22.5 Å². The first kappa shape index (κ1) is 20.0. The minimum atomic E-state index is -6.00. The molecule has 11 heteroatoms. The molecule has 1 aliphatic rings. The Morgan fingerprint density at radius 3 is 2.04 bits per heavy atom. The van der Waals surface area contributed by atoms with Gasteiger partial charge in [0.15, 0.2) is 0 Å². The third-order valence-electron chi connectivity index (χ3n) is 2.57. The lowest BCUT2D eigenvalue weighted by atomic mass is 10.3. The van der Waals surface area contributed by atoms with E-state index in [0.29, 0.717) is 5.02 Å². The van der Waals surface area contributed by atoms with Crippen molar-refractivity contribution in [3.63, 3.8) is 0 Å². The summed E-state index contributed by atoms with van der Waals surface area (Å²) in [6.07, 6.45) is 0. The Hall–Kier alpha value is -1.10. The Morgan fingerprint density at radius 2 is 1.61 bits per heavy atom. The molecule has 130 valence electrons. The minimum absolute atomic E-state index is 0.278. The molecular formula is C12H17BClF4N3OS. The molecular weight excluding hydrogens is 356 g/mol. The smallest absolute Gasteiger partial charge is 0.418 e. The van der Waals surface area contributed by atoms with Crippen LogP contribution in [0.15, 0.2) is 23.1 Å². The SMILES string of the molecule is CN(C)C(N(C)C)=S1C=[N+](O)c2cc(Cl)ccc21.F[B-](F)(F)F. The van der Waals surface area contributed by atoms with Crippen LogP contribution in [0.4, 0.5) is 23.0 Å². The van der Waals surface area contributed by atoms with Crippen LogP contribution in [0.3, 0.4) is 0 Å². The molecule has 1 N–H and O–H groups in total. The lowest BCUT2D eigenvalue weighted by Gasteiger charge is -2.22. The molecule has 1 aromatic rings. The molecule has 23 heavy (non-hydrogen) atoms. The van der Waals surface area contributed by atoms with E-state index in [2.05, 4.69) is 9.80 Å². The molecule has 0 aromatic heterocycles. The fourth-order valence-corrected chi connectivity index (χ4v) is 4.27. The van der Waals surface area contributed by atoms with Crippen LogP contribution in [0.5, 0.6) is 0 Å². The predicted octanol–water partition coefficient (Wildman–Crippen LogP) is 3.55. The van der Waals surface area contributed by atoms with Crippen molar-refractivity contribution >= 4 is 45.7 Å². The summed E-state index contributed by atoms with van der Waals surface area (Å²) in [4.78, 5) is 5.22. The fraction of sp³-hybridized carbons (Fsp3) is 0.333. The fourth-order valence-electron chi connectivity index (χ4n) is 2.01. The second-order valence-corrected chi connectivity index (χ2v) is 7.09. The Bertz CT molecular complexity index is 634. The van der Waals surface area contributed by atoms with Gasteiger partial charge in [0.25, 0.3) is 11.2 Å². The van der Waals surface area contributed by atoms with Gasteiger partial charge < -0.3 is 17.3 Å². The van der Waals surface area contributed by atoms with Crippen molar-refractivity contribution < 1.29 is 27.2 Å². The summed E-state index contributed by atoms with van der Waals surface area (Å²) in [7, 11) is 1.75. The minimum Gasteiger partial charge on any atom is -0.418 e. The zero-order chi connectivity index (χ0) is 17.9. The van der Waals surface area contributed by atoms with E-state index < -0.39 is 7.25 Å². The Kier molecular flexibility index (Phi) is 6.64. The third-order valence-corrected chi connectivity index (χ3v) is 5.16. The summed E-state index contributed by atoms with van der Waals surface area (Å²) >= 11 is 5.96. The highest BCUT2D eigenvalue weighted by molar-refractivity contribution is 8.27. The number of hydrogen-bond acceptors (Lipinski definition) is 1. The molecule has 4 nitrogen and oxygen atoms in total. The van der Waals surface area contributed by atoms with Crippen LogP contribution in [-0.4, -0.2) is 65.9 Å². The zero-order valence-electron chi connectivity index (χ0n) is 13.0. The summed E-state index contributed by atoms with van der Waals surface area (Å²) in [5.41, 5.74) is 2.57. The second-order valence-electron chi connectivity index (χ2n) is 4.97. The quantitative estimate of drug-likeness (QED) is 0.248. The molecule has 0 spiro atoms. The van der Waals surface area contributed by atoms with Gasteiger partial charge in [-0.25, -0.2) is 0 Å². The molecule has 1 heterocycles. The van der Waals surface area contributed by atoms with Crippen molar-refractivity contribution in [1.82, 2.24) is 9.80 Å². The van der Waals surface area contributed by atoms with Gasteiger partial charge in [0.1, 0.15) is 5.11 Å². The van der Waals surface area contributed by atoms with Crippen molar-refractivity contribution in [2.45, 2.75) is 4.90 Å². The van der Waals surface area contributed by atoms with Crippen LogP contribution in [0.25, 0.3) is 0 Å². The first-order valence-electron chi connectivity index (χ1n) is 6.36. The topological polar surface area (TPSA) is 29.7 Å². The largest absolute Gasteiger partial charge is 0.673 e. The summed E-state index contributed by atoms with van der Waals surface area (Å²) < 4.78 is 40.2. The first-order valence-corrected chi connectivity index (χ1v) is 8.03. The molecule has 0 fully saturated rings. The number of benzene rings is 1. The molecule has 1 aliphatic heterocycles. The van der Waals surface area contributed by atoms with E-state index in [1.807, 2.05) is 45.9 Å². The molecule has 1 atom stereocenters. The van der Waals surface area contributed by atoms with Crippen LogP contribution < -0.4 is 0 Å². The number of hydrogen-bond donors (Lipinski definition) is 1. The molecule has 0 amide bonds. The van der Waals surface area contributed by atoms with Gasteiger partial charge in [-0.05, 0) is 50.8 Å². The lowest BCUT2D eigenvalue weighted by Crippen LogP contribution is -2.35. The van der Waals surface area contributed by atoms with Crippen molar-refractivity contribution in [2.75, 3.05) is 28.2 Å². The molecule has 1 aromatic carbocycles.